The van der Waals surface area contributed by atoms with Gasteiger partial charge in [-0.1, -0.05) is 0 Å². The van der Waals surface area contributed by atoms with E-state index in [1.807, 2.05) is 7.05 Å². The van der Waals surface area contributed by atoms with Crippen LogP contribution in [0, 0.1) is 11.8 Å². The van der Waals surface area contributed by atoms with Crippen LogP contribution in [-0.2, 0) is 9.59 Å². The number of nitrogens with one attached hydrogen (secondary N) is 2. The highest BCUT2D eigenvalue weighted by atomic mass is 16.1. The summed E-state index contributed by atoms with van der Waals surface area (Å²) in [6.45, 7) is 8.74. The highest BCUT2D eigenvalue weighted by molar-refractivity contribution is 5.78. The van der Waals surface area contributed by atoms with Crippen molar-refractivity contribution in [2.24, 2.45) is 11.8 Å². The van der Waals surface area contributed by atoms with Crippen molar-refractivity contribution in [1.82, 2.24) is 20.4 Å². The number of aldehydes is 1. The Bertz CT molecular complexity index is 389. The Hall–Kier alpha value is -0.980. The van der Waals surface area contributed by atoms with Gasteiger partial charge in [-0.05, 0) is 65.2 Å². The monoisotopic (exact) mass is 352 g/mol. The maximum Gasteiger partial charge on any atom is 0.223 e. The summed E-state index contributed by atoms with van der Waals surface area (Å²) in [6, 6.07) is 0. The third-order valence-electron chi connectivity index (χ3n) is 5.65. The molecule has 1 amide bonds. The molecule has 25 heavy (non-hydrogen) atoms. The molecule has 2 N–H and O–H groups in total. The van der Waals surface area contributed by atoms with Gasteiger partial charge in [0.05, 0.1) is 0 Å². The number of nitrogens with zero attached hydrogens (tertiary/aromatic N) is 2. The molecular formula is C19H36N4O2. The van der Waals surface area contributed by atoms with Crippen molar-refractivity contribution in [2.45, 2.75) is 38.5 Å². The zero-order valence-corrected chi connectivity index (χ0v) is 15.8. The lowest BCUT2D eigenvalue weighted by Crippen LogP contribution is -2.47. The van der Waals surface area contributed by atoms with Gasteiger partial charge in [0, 0.05) is 44.6 Å². The summed E-state index contributed by atoms with van der Waals surface area (Å²) in [5.74, 6) is 0.497. The smallest absolute Gasteiger partial charge is 0.223 e. The van der Waals surface area contributed by atoms with Gasteiger partial charge in [0.15, 0.2) is 0 Å². The van der Waals surface area contributed by atoms with Crippen LogP contribution < -0.4 is 10.6 Å². The van der Waals surface area contributed by atoms with Gasteiger partial charge in [0.1, 0.15) is 6.29 Å². The molecule has 1 aliphatic heterocycles. The van der Waals surface area contributed by atoms with Gasteiger partial charge in [-0.15, -0.1) is 0 Å². The number of hydrogen-bond donors (Lipinski definition) is 2. The van der Waals surface area contributed by atoms with Gasteiger partial charge in [-0.3, -0.25) is 4.79 Å². The van der Waals surface area contributed by atoms with E-state index in [0.29, 0.717) is 0 Å². The Morgan fingerprint density at radius 1 is 0.960 bits per heavy atom. The van der Waals surface area contributed by atoms with E-state index in [-0.39, 0.29) is 17.7 Å². The second-order valence-corrected chi connectivity index (χ2v) is 7.53. The van der Waals surface area contributed by atoms with Crippen LogP contribution in [0.4, 0.5) is 0 Å². The number of hydrogen-bond acceptors (Lipinski definition) is 5. The first-order valence-electron chi connectivity index (χ1n) is 10.0. The molecule has 2 rings (SSSR count). The molecule has 0 bridgehead atoms. The zero-order chi connectivity index (χ0) is 17.9. The first-order valence-corrected chi connectivity index (χ1v) is 10.0. The van der Waals surface area contributed by atoms with Crippen molar-refractivity contribution >= 4 is 12.2 Å². The Labute approximate surface area is 152 Å². The normalized spacial score (nSPS) is 25.6. The topological polar surface area (TPSA) is 64.7 Å². The molecule has 0 aromatic carbocycles. The largest absolute Gasteiger partial charge is 0.356 e. The van der Waals surface area contributed by atoms with Crippen molar-refractivity contribution in [3.8, 4) is 0 Å². The molecule has 1 saturated heterocycles. The maximum absolute atomic E-state index is 12.2. The van der Waals surface area contributed by atoms with E-state index >= 15 is 0 Å². The summed E-state index contributed by atoms with van der Waals surface area (Å²) in [4.78, 5) is 28.0. The fourth-order valence-electron chi connectivity index (χ4n) is 3.89. The fourth-order valence-corrected chi connectivity index (χ4v) is 3.89. The molecule has 1 saturated carbocycles. The molecule has 0 spiro atoms. The summed E-state index contributed by atoms with van der Waals surface area (Å²) in [5, 5.41) is 6.30. The van der Waals surface area contributed by atoms with Crippen LogP contribution in [0.2, 0.25) is 0 Å². The molecule has 0 atom stereocenters. The number of rotatable bonds is 10. The van der Waals surface area contributed by atoms with Gasteiger partial charge in [-0.25, -0.2) is 0 Å². The molecular weight excluding hydrogens is 316 g/mol. The summed E-state index contributed by atoms with van der Waals surface area (Å²) in [6.07, 6.45) is 6.77. The summed E-state index contributed by atoms with van der Waals surface area (Å²) in [5.41, 5.74) is 0. The van der Waals surface area contributed by atoms with E-state index in [9.17, 15) is 9.59 Å². The van der Waals surface area contributed by atoms with Crippen LogP contribution in [0.1, 0.15) is 38.5 Å². The van der Waals surface area contributed by atoms with E-state index in [1.165, 1.54) is 13.0 Å². The first kappa shape index (κ1) is 20.3. The molecule has 0 aromatic heterocycles. The molecule has 0 aromatic rings. The van der Waals surface area contributed by atoms with Crippen molar-refractivity contribution in [1.29, 1.82) is 0 Å². The molecule has 6 nitrogen and oxygen atoms in total. The van der Waals surface area contributed by atoms with E-state index < -0.39 is 0 Å². The summed E-state index contributed by atoms with van der Waals surface area (Å²) >= 11 is 0. The van der Waals surface area contributed by atoms with Crippen LogP contribution in [0.5, 0.6) is 0 Å². The summed E-state index contributed by atoms with van der Waals surface area (Å²) in [7, 11) is 2.01. The minimum Gasteiger partial charge on any atom is -0.356 e. The molecule has 1 heterocycles. The van der Waals surface area contributed by atoms with E-state index in [0.717, 1.165) is 84.2 Å². The van der Waals surface area contributed by atoms with E-state index in [4.69, 9.17) is 0 Å². The quantitative estimate of drug-likeness (QED) is 0.448. The van der Waals surface area contributed by atoms with Crippen molar-refractivity contribution < 1.29 is 9.59 Å². The first-order chi connectivity index (χ1) is 12.2. The van der Waals surface area contributed by atoms with Gasteiger partial charge in [0.2, 0.25) is 5.91 Å². The molecule has 2 aliphatic rings. The predicted octanol–water partition coefficient (Wildman–Crippen LogP) is 0.725. The van der Waals surface area contributed by atoms with Crippen molar-refractivity contribution in [3.63, 3.8) is 0 Å². The number of amides is 1. The second-order valence-electron chi connectivity index (χ2n) is 7.53. The summed E-state index contributed by atoms with van der Waals surface area (Å²) < 4.78 is 0. The lowest BCUT2D eigenvalue weighted by atomic mass is 9.82. The Balaban J connectivity index is 1.49. The second kappa shape index (κ2) is 11.6. The third kappa shape index (κ3) is 7.42. The highest BCUT2D eigenvalue weighted by Gasteiger charge is 2.25. The third-order valence-corrected chi connectivity index (χ3v) is 5.65. The molecule has 2 fully saturated rings. The van der Waals surface area contributed by atoms with Crippen LogP contribution in [0.15, 0.2) is 0 Å². The maximum atomic E-state index is 12.2. The number of piperazine rings is 1. The van der Waals surface area contributed by atoms with Crippen LogP contribution >= 0.6 is 0 Å². The van der Waals surface area contributed by atoms with Crippen LogP contribution in [-0.4, -0.2) is 81.4 Å². The fraction of sp³-hybridized carbons (Fsp3) is 0.895. The Morgan fingerprint density at radius 2 is 1.52 bits per heavy atom. The van der Waals surface area contributed by atoms with Gasteiger partial charge < -0.3 is 25.2 Å². The molecule has 144 valence electrons. The van der Waals surface area contributed by atoms with Crippen LogP contribution in [0.25, 0.3) is 0 Å². The van der Waals surface area contributed by atoms with Gasteiger partial charge in [-0.2, -0.15) is 0 Å². The molecule has 6 heteroatoms. The molecule has 0 unspecified atom stereocenters. The SMILES string of the molecule is CNCCCN1CCN(CCCNC(=O)C2CCC(C=O)CC2)CC1. The average Bonchev–Trinajstić information content (AvgIpc) is 2.66. The van der Waals surface area contributed by atoms with Crippen molar-refractivity contribution in [2.75, 3.05) is 59.4 Å². The Kier molecular flexibility index (Phi) is 9.43. The lowest BCUT2D eigenvalue weighted by molar-refractivity contribution is -0.127. The average molecular weight is 353 g/mol. The van der Waals surface area contributed by atoms with E-state index in [1.54, 1.807) is 0 Å². The molecule has 0 radical (unpaired) electrons. The minimum absolute atomic E-state index is 0.123. The van der Waals surface area contributed by atoms with Crippen molar-refractivity contribution in [3.05, 3.63) is 0 Å². The van der Waals surface area contributed by atoms with Gasteiger partial charge in [0.25, 0.3) is 0 Å². The minimum atomic E-state index is 0.123. The molecule has 1 aliphatic carbocycles. The standard InChI is InChI=1S/C19H36N4O2/c1-20-8-2-10-22-12-14-23(15-13-22)11-3-9-21-19(25)18-6-4-17(16-24)5-7-18/h16-18,20H,2-15H2,1H3,(H,21,25). The number of carbonyl (C=O) groups excluding carboxylic acids is 2. The zero-order valence-electron chi connectivity index (χ0n) is 15.8. The number of carbonyl (C=O) groups is 2. The van der Waals surface area contributed by atoms with Gasteiger partial charge >= 0.3 is 0 Å². The Morgan fingerprint density at radius 3 is 2.04 bits per heavy atom. The predicted molar refractivity (Wildman–Crippen MR) is 101 cm³/mol. The van der Waals surface area contributed by atoms with E-state index in [2.05, 4.69) is 20.4 Å². The lowest BCUT2D eigenvalue weighted by Gasteiger charge is -2.34. The highest BCUT2D eigenvalue weighted by Crippen LogP contribution is 2.27. The van der Waals surface area contributed by atoms with Crippen LogP contribution in [0.3, 0.4) is 0 Å².